The van der Waals surface area contributed by atoms with Crippen LogP contribution in [-0.4, -0.2) is 11.9 Å². The molecule has 0 amide bonds. The quantitative estimate of drug-likeness (QED) is 0.333. The summed E-state index contributed by atoms with van der Waals surface area (Å²) >= 11 is 0. The van der Waals surface area contributed by atoms with Gasteiger partial charge in [0.05, 0.1) is 11.8 Å². The van der Waals surface area contributed by atoms with E-state index in [1.807, 2.05) is 0 Å². The summed E-state index contributed by atoms with van der Waals surface area (Å²) in [4.78, 5) is 23.2. The third-order valence-corrected chi connectivity index (χ3v) is 4.41. The molecular weight excluding hydrogens is 192 g/mol. The smallest absolute Gasteiger partial charge is 0.318 e. The van der Waals surface area contributed by atoms with Crippen molar-refractivity contribution in [1.29, 1.82) is 0 Å². The standard InChI is InChI=1S/C12H10O3/c13-11-9-7-3-4-8(6-2-1-5(6)7)10(9)12(14)15-11/h1-10H/t5-,6+,7-,8-,9-,10+/m1/s1. The molecule has 0 unspecified atom stereocenters. The first kappa shape index (κ1) is 7.85. The molecule has 1 aliphatic heterocycles. The van der Waals surface area contributed by atoms with Crippen LogP contribution in [0.2, 0.25) is 0 Å². The predicted octanol–water partition coefficient (Wildman–Crippen LogP) is 0.920. The lowest BCUT2D eigenvalue weighted by molar-refractivity contribution is -0.154. The van der Waals surface area contributed by atoms with Crippen LogP contribution in [-0.2, 0) is 14.3 Å². The Hall–Kier alpha value is -1.38. The van der Waals surface area contributed by atoms with Gasteiger partial charge in [0.25, 0.3) is 0 Å². The van der Waals surface area contributed by atoms with Gasteiger partial charge in [0, 0.05) is 0 Å². The molecule has 4 aliphatic carbocycles. The molecule has 2 bridgehead atoms. The molecule has 0 N–H and O–H groups in total. The summed E-state index contributed by atoms with van der Waals surface area (Å²) < 4.78 is 4.77. The lowest BCUT2D eigenvalue weighted by atomic mass is 9.50. The number of ether oxygens (including phenoxy) is 1. The number of cyclic esters (lactones) is 2. The summed E-state index contributed by atoms with van der Waals surface area (Å²) in [7, 11) is 0. The number of hydrogen-bond donors (Lipinski definition) is 0. The molecule has 5 aliphatic rings. The zero-order valence-corrected chi connectivity index (χ0v) is 8.00. The fourth-order valence-electron chi connectivity index (χ4n) is 3.69. The molecule has 1 saturated carbocycles. The van der Waals surface area contributed by atoms with E-state index >= 15 is 0 Å². The predicted molar refractivity (Wildman–Crippen MR) is 50.3 cm³/mol. The molecule has 0 aromatic rings. The minimum atomic E-state index is -0.303. The van der Waals surface area contributed by atoms with Crippen molar-refractivity contribution in [3.63, 3.8) is 0 Å². The van der Waals surface area contributed by atoms with Crippen molar-refractivity contribution in [3.8, 4) is 0 Å². The Morgan fingerprint density at radius 3 is 1.53 bits per heavy atom. The third kappa shape index (κ3) is 0.715. The molecule has 0 aromatic carbocycles. The summed E-state index contributed by atoms with van der Waals surface area (Å²) in [5, 5.41) is 0. The molecule has 3 nitrogen and oxygen atoms in total. The summed E-state index contributed by atoms with van der Waals surface area (Å²) in [5.41, 5.74) is 0. The summed E-state index contributed by atoms with van der Waals surface area (Å²) in [5.74, 6) is 0.353. The highest BCUT2D eigenvalue weighted by atomic mass is 16.6. The number of carbonyl (C=O) groups is 2. The van der Waals surface area contributed by atoms with Crippen molar-refractivity contribution in [1.82, 2.24) is 0 Å². The van der Waals surface area contributed by atoms with Crippen LogP contribution in [0.1, 0.15) is 0 Å². The van der Waals surface area contributed by atoms with Crippen molar-refractivity contribution in [3.05, 3.63) is 24.3 Å². The van der Waals surface area contributed by atoms with Crippen LogP contribution < -0.4 is 0 Å². The number of hydrogen-bond acceptors (Lipinski definition) is 3. The van der Waals surface area contributed by atoms with E-state index in [2.05, 4.69) is 24.3 Å². The Labute approximate surface area is 86.8 Å². The molecule has 0 spiro atoms. The van der Waals surface area contributed by atoms with Crippen LogP contribution >= 0.6 is 0 Å². The van der Waals surface area contributed by atoms with Crippen molar-refractivity contribution >= 4 is 11.9 Å². The van der Waals surface area contributed by atoms with Crippen molar-refractivity contribution in [2.24, 2.45) is 35.5 Å². The van der Waals surface area contributed by atoms with E-state index in [9.17, 15) is 9.59 Å². The average Bonchev–Trinajstić information content (AvgIpc) is 2.44. The van der Waals surface area contributed by atoms with E-state index in [1.165, 1.54) is 0 Å². The number of rotatable bonds is 0. The molecule has 2 fully saturated rings. The number of esters is 2. The fourth-order valence-corrected chi connectivity index (χ4v) is 3.69. The largest absolute Gasteiger partial charge is 0.393 e. The van der Waals surface area contributed by atoms with Gasteiger partial charge in [0.15, 0.2) is 0 Å². The highest BCUT2D eigenvalue weighted by Crippen LogP contribution is 2.58. The van der Waals surface area contributed by atoms with Gasteiger partial charge in [-0.3, -0.25) is 9.59 Å². The van der Waals surface area contributed by atoms with Crippen LogP contribution in [0.15, 0.2) is 24.3 Å². The SMILES string of the molecule is O=C1OC(=O)[C@H]2[C@@H]3C=C[C@H]([C@@H]4C=C[C@@H]43)[C@@H]12. The minimum Gasteiger partial charge on any atom is -0.393 e. The lowest BCUT2D eigenvalue weighted by Gasteiger charge is -2.51. The fraction of sp³-hybridized carbons (Fsp3) is 0.500. The van der Waals surface area contributed by atoms with Gasteiger partial charge in [-0.2, -0.15) is 0 Å². The Morgan fingerprint density at radius 1 is 0.733 bits per heavy atom. The maximum absolute atomic E-state index is 11.6. The topological polar surface area (TPSA) is 43.4 Å². The van der Waals surface area contributed by atoms with Crippen LogP contribution in [0.3, 0.4) is 0 Å². The third-order valence-electron chi connectivity index (χ3n) is 4.41. The summed E-state index contributed by atoms with van der Waals surface area (Å²) in [6, 6.07) is 0. The molecule has 5 rings (SSSR count). The number of carbonyl (C=O) groups excluding carboxylic acids is 2. The second-order valence-electron chi connectivity index (χ2n) is 4.87. The van der Waals surface area contributed by atoms with Crippen molar-refractivity contribution in [2.75, 3.05) is 0 Å². The normalized spacial score (nSPS) is 53.6. The Balaban J connectivity index is 1.88. The van der Waals surface area contributed by atoms with Gasteiger partial charge in [-0.25, -0.2) is 0 Å². The molecule has 6 atom stereocenters. The van der Waals surface area contributed by atoms with Crippen LogP contribution in [0.25, 0.3) is 0 Å². The van der Waals surface area contributed by atoms with Crippen molar-refractivity contribution in [2.45, 2.75) is 0 Å². The van der Waals surface area contributed by atoms with Gasteiger partial charge in [-0.1, -0.05) is 24.3 Å². The number of allylic oxidation sites excluding steroid dienone is 4. The monoisotopic (exact) mass is 202 g/mol. The van der Waals surface area contributed by atoms with Crippen LogP contribution in [0, 0.1) is 35.5 Å². The van der Waals surface area contributed by atoms with Gasteiger partial charge in [-0.05, 0) is 23.7 Å². The zero-order chi connectivity index (χ0) is 10.2. The van der Waals surface area contributed by atoms with Crippen LogP contribution in [0.5, 0.6) is 0 Å². The first-order chi connectivity index (χ1) is 7.27. The molecule has 76 valence electrons. The van der Waals surface area contributed by atoms with E-state index in [0.717, 1.165) is 0 Å². The maximum atomic E-state index is 11.6. The lowest BCUT2D eigenvalue weighted by Crippen LogP contribution is -2.50. The Morgan fingerprint density at radius 2 is 1.13 bits per heavy atom. The first-order valence-corrected chi connectivity index (χ1v) is 5.39. The summed E-state index contributed by atoms with van der Waals surface area (Å²) in [6.07, 6.45) is 8.54. The molecule has 0 aromatic heterocycles. The Bertz CT molecular complexity index is 396. The van der Waals surface area contributed by atoms with E-state index in [1.54, 1.807) is 0 Å². The zero-order valence-electron chi connectivity index (χ0n) is 8.00. The molecule has 3 heteroatoms. The second kappa shape index (κ2) is 2.23. The molecular formula is C12H10O3. The highest BCUT2D eigenvalue weighted by molar-refractivity contribution is 5.97. The van der Waals surface area contributed by atoms with Gasteiger partial charge in [-0.15, -0.1) is 0 Å². The minimum absolute atomic E-state index is 0.196. The molecule has 1 saturated heterocycles. The maximum Gasteiger partial charge on any atom is 0.318 e. The van der Waals surface area contributed by atoms with Gasteiger partial charge in [0.2, 0.25) is 0 Å². The second-order valence-corrected chi connectivity index (χ2v) is 4.87. The van der Waals surface area contributed by atoms with Crippen molar-refractivity contribution < 1.29 is 14.3 Å². The average molecular weight is 202 g/mol. The van der Waals surface area contributed by atoms with E-state index < -0.39 is 0 Å². The van der Waals surface area contributed by atoms with Gasteiger partial charge >= 0.3 is 11.9 Å². The molecule has 0 radical (unpaired) electrons. The van der Waals surface area contributed by atoms with Crippen LogP contribution in [0.4, 0.5) is 0 Å². The van der Waals surface area contributed by atoms with Gasteiger partial charge < -0.3 is 4.74 Å². The Kier molecular flexibility index (Phi) is 1.17. The van der Waals surface area contributed by atoms with Gasteiger partial charge in [0.1, 0.15) is 0 Å². The summed E-state index contributed by atoms with van der Waals surface area (Å²) in [6.45, 7) is 0. The highest BCUT2D eigenvalue weighted by Gasteiger charge is 2.61. The molecule has 1 heterocycles. The van der Waals surface area contributed by atoms with E-state index in [0.29, 0.717) is 11.8 Å². The van der Waals surface area contributed by atoms with E-state index in [-0.39, 0.29) is 35.6 Å². The van der Waals surface area contributed by atoms with E-state index in [4.69, 9.17) is 4.74 Å². The first-order valence-electron chi connectivity index (χ1n) is 5.39. The molecule has 15 heavy (non-hydrogen) atoms.